The predicted molar refractivity (Wildman–Crippen MR) is 107 cm³/mol. The SMILES string of the molecule is COC(=O)C1(NC(=O)Cc2csc(COc3ccc(C)cc3)n2)CCCCC1. The van der Waals surface area contributed by atoms with Crippen molar-refractivity contribution in [2.24, 2.45) is 0 Å². The first kappa shape index (κ1) is 20.3. The van der Waals surface area contributed by atoms with E-state index >= 15 is 0 Å². The van der Waals surface area contributed by atoms with Crippen LogP contribution in [0.15, 0.2) is 29.6 Å². The molecule has 0 saturated heterocycles. The second-order valence-electron chi connectivity index (χ2n) is 7.19. The number of esters is 1. The Labute approximate surface area is 169 Å². The molecule has 1 aromatic carbocycles. The van der Waals surface area contributed by atoms with Crippen molar-refractivity contribution >= 4 is 23.2 Å². The highest BCUT2D eigenvalue weighted by Gasteiger charge is 2.41. The average molecular weight is 403 g/mol. The summed E-state index contributed by atoms with van der Waals surface area (Å²) in [6.45, 7) is 2.39. The number of amides is 1. The molecule has 1 N–H and O–H groups in total. The Hall–Kier alpha value is -2.41. The number of nitrogens with one attached hydrogen (secondary N) is 1. The number of carbonyl (C=O) groups excluding carboxylic acids is 2. The minimum absolute atomic E-state index is 0.139. The highest BCUT2D eigenvalue weighted by Crippen LogP contribution is 2.29. The first-order valence-corrected chi connectivity index (χ1v) is 10.4. The molecule has 1 saturated carbocycles. The molecule has 0 aliphatic heterocycles. The molecule has 3 rings (SSSR count). The summed E-state index contributed by atoms with van der Waals surface area (Å²) in [6, 6.07) is 7.84. The van der Waals surface area contributed by atoms with Crippen molar-refractivity contribution in [1.29, 1.82) is 0 Å². The fourth-order valence-corrected chi connectivity index (χ4v) is 4.19. The number of aryl methyl sites for hydroxylation is 1. The number of carbonyl (C=O) groups is 2. The normalized spacial score (nSPS) is 15.6. The molecule has 0 atom stereocenters. The summed E-state index contributed by atoms with van der Waals surface area (Å²) < 4.78 is 10.7. The maximum atomic E-state index is 12.5. The molecule has 1 aromatic heterocycles. The molecule has 0 bridgehead atoms. The smallest absolute Gasteiger partial charge is 0.331 e. The van der Waals surface area contributed by atoms with Crippen LogP contribution in [0.25, 0.3) is 0 Å². The van der Waals surface area contributed by atoms with E-state index in [0.717, 1.165) is 30.0 Å². The second-order valence-corrected chi connectivity index (χ2v) is 8.14. The van der Waals surface area contributed by atoms with E-state index in [2.05, 4.69) is 10.3 Å². The topological polar surface area (TPSA) is 77.5 Å². The standard InChI is InChI=1S/C21H26N2O4S/c1-15-6-8-17(9-7-15)27-13-19-22-16(14-28-19)12-18(24)23-21(20(25)26-2)10-4-3-5-11-21/h6-9,14H,3-5,10-13H2,1-2H3,(H,23,24). The molecule has 1 fully saturated rings. The van der Waals surface area contributed by atoms with Gasteiger partial charge in [0.25, 0.3) is 0 Å². The van der Waals surface area contributed by atoms with Crippen LogP contribution in [0.4, 0.5) is 0 Å². The molecular formula is C21H26N2O4S. The Bertz CT molecular complexity index is 810. The molecule has 1 aliphatic rings. The van der Waals surface area contributed by atoms with Gasteiger partial charge < -0.3 is 14.8 Å². The molecular weight excluding hydrogens is 376 g/mol. The number of ether oxygens (including phenoxy) is 2. The summed E-state index contributed by atoms with van der Waals surface area (Å²) in [5.41, 5.74) is 0.968. The molecule has 2 aromatic rings. The minimum Gasteiger partial charge on any atom is -0.486 e. The van der Waals surface area contributed by atoms with Gasteiger partial charge >= 0.3 is 5.97 Å². The lowest BCUT2D eigenvalue weighted by Gasteiger charge is -2.35. The molecule has 1 aliphatic carbocycles. The number of hydrogen-bond acceptors (Lipinski definition) is 6. The van der Waals surface area contributed by atoms with E-state index in [1.54, 1.807) is 0 Å². The Kier molecular flexibility index (Phi) is 6.67. The summed E-state index contributed by atoms with van der Waals surface area (Å²) in [5.74, 6) is 0.229. The average Bonchev–Trinajstić information content (AvgIpc) is 3.14. The van der Waals surface area contributed by atoms with Crippen LogP contribution in [0.1, 0.15) is 48.4 Å². The summed E-state index contributed by atoms with van der Waals surface area (Å²) in [6.07, 6.45) is 4.28. The molecule has 0 unspecified atom stereocenters. The first-order valence-electron chi connectivity index (χ1n) is 9.53. The minimum atomic E-state index is -0.891. The monoisotopic (exact) mass is 402 g/mol. The van der Waals surface area contributed by atoms with Gasteiger partial charge in [-0.3, -0.25) is 4.79 Å². The van der Waals surface area contributed by atoms with E-state index in [9.17, 15) is 9.59 Å². The molecule has 6 nitrogen and oxygen atoms in total. The number of nitrogens with zero attached hydrogens (tertiary/aromatic N) is 1. The van der Waals surface area contributed by atoms with Crippen molar-refractivity contribution in [2.45, 2.75) is 57.6 Å². The van der Waals surface area contributed by atoms with Crippen LogP contribution in [-0.4, -0.2) is 29.5 Å². The van der Waals surface area contributed by atoms with Crippen molar-refractivity contribution in [1.82, 2.24) is 10.3 Å². The molecule has 7 heteroatoms. The van der Waals surface area contributed by atoms with Gasteiger partial charge in [-0.05, 0) is 31.9 Å². The number of rotatable bonds is 7. The van der Waals surface area contributed by atoms with Crippen LogP contribution >= 0.6 is 11.3 Å². The van der Waals surface area contributed by atoms with E-state index in [1.165, 1.54) is 24.0 Å². The van der Waals surface area contributed by atoms with Crippen molar-refractivity contribution < 1.29 is 19.1 Å². The van der Waals surface area contributed by atoms with E-state index in [1.807, 2.05) is 36.6 Å². The highest BCUT2D eigenvalue weighted by atomic mass is 32.1. The summed E-state index contributed by atoms with van der Waals surface area (Å²) in [5, 5.41) is 5.59. The Balaban J connectivity index is 1.55. The Morgan fingerprint density at radius 2 is 1.89 bits per heavy atom. The van der Waals surface area contributed by atoms with Gasteiger partial charge in [0, 0.05) is 5.38 Å². The van der Waals surface area contributed by atoms with Gasteiger partial charge in [0.05, 0.1) is 19.2 Å². The molecule has 28 heavy (non-hydrogen) atoms. The van der Waals surface area contributed by atoms with Gasteiger partial charge in [0.15, 0.2) is 0 Å². The predicted octanol–water partition coefficient (Wildman–Crippen LogP) is 3.57. The summed E-state index contributed by atoms with van der Waals surface area (Å²) in [4.78, 5) is 29.3. The summed E-state index contributed by atoms with van der Waals surface area (Å²) >= 11 is 1.46. The van der Waals surface area contributed by atoms with Crippen LogP contribution < -0.4 is 10.1 Å². The van der Waals surface area contributed by atoms with Crippen LogP contribution in [0.5, 0.6) is 5.75 Å². The lowest BCUT2D eigenvalue weighted by atomic mass is 9.81. The maximum absolute atomic E-state index is 12.5. The zero-order chi connectivity index (χ0) is 20.0. The number of aromatic nitrogens is 1. The van der Waals surface area contributed by atoms with Crippen LogP contribution in [0.2, 0.25) is 0 Å². The Morgan fingerprint density at radius 1 is 1.18 bits per heavy atom. The van der Waals surface area contributed by atoms with Crippen molar-refractivity contribution in [3.05, 3.63) is 45.9 Å². The van der Waals surface area contributed by atoms with Gasteiger partial charge in [0.1, 0.15) is 22.9 Å². The van der Waals surface area contributed by atoms with E-state index < -0.39 is 5.54 Å². The van der Waals surface area contributed by atoms with Crippen LogP contribution in [0, 0.1) is 6.92 Å². The number of methoxy groups -OCH3 is 1. The first-order chi connectivity index (χ1) is 13.5. The highest BCUT2D eigenvalue weighted by molar-refractivity contribution is 7.09. The van der Waals surface area contributed by atoms with Gasteiger partial charge in [-0.25, -0.2) is 9.78 Å². The molecule has 150 valence electrons. The molecule has 1 amide bonds. The van der Waals surface area contributed by atoms with Gasteiger partial charge in [0.2, 0.25) is 5.91 Å². The Morgan fingerprint density at radius 3 is 2.57 bits per heavy atom. The fourth-order valence-electron chi connectivity index (χ4n) is 3.48. The summed E-state index contributed by atoms with van der Waals surface area (Å²) in [7, 11) is 1.37. The van der Waals surface area contributed by atoms with Crippen LogP contribution in [-0.2, 0) is 27.4 Å². The molecule has 1 heterocycles. The van der Waals surface area contributed by atoms with Crippen molar-refractivity contribution in [3.63, 3.8) is 0 Å². The third-order valence-electron chi connectivity index (χ3n) is 4.99. The van der Waals surface area contributed by atoms with Gasteiger partial charge in [-0.1, -0.05) is 37.0 Å². The van der Waals surface area contributed by atoms with Gasteiger partial charge in [-0.15, -0.1) is 11.3 Å². The third-order valence-corrected chi connectivity index (χ3v) is 5.86. The number of thiazole rings is 1. The van der Waals surface area contributed by atoms with Crippen molar-refractivity contribution in [2.75, 3.05) is 7.11 Å². The van der Waals surface area contributed by atoms with E-state index in [-0.39, 0.29) is 18.3 Å². The largest absolute Gasteiger partial charge is 0.486 e. The lowest BCUT2D eigenvalue weighted by molar-refractivity contribution is -0.152. The zero-order valence-corrected chi connectivity index (χ0v) is 17.1. The van der Waals surface area contributed by atoms with E-state index in [4.69, 9.17) is 9.47 Å². The second kappa shape index (κ2) is 9.19. The fraction of sp³-hybridized carbons (Fsp3) is 0.476. The molecule has 0 spiro atoms. The number of hydrogen-bond donors (Lipinski definition) is 1. The lowest BCUT2D eigenvalue weighted by Crippen LogP contribution is -2.56. The molecule has 0 radical (unpaired) electrons. The number of benzene rings is 1. The zero-order valence-electron chi connectivity index (χ0n) is 16.3. The van der Waals surface area contributed by atoms with Gasteiger partial charge in [-0.2, -0.15) is 0 Å². The maximum Gasteiger partial charge on any atom is 0.331 e. The third kappa shape index (κ3) is 5.10. The van der Waals surface area contributed by atoms with E-state index in [0.29, 0.717) is 25.1 Å². The quantitative estimate of drug-likeness (QED) is 0.717. The van der Waals surface area contributed by atoms with Crippen LogP contribution in [0.3, 0.4) is 0 Å². The van der Waals surface area contributed by atoms with Crippen molar-refractivity contribution in [3.8, 4) is 5.75 Å².